The molecule has 0 atom stereocenters. The van der Waals surface area contributed by atoms with Crippen LogP contribution in [0.4, 0.5) is 0 Å². The molecule has 5 nitrogen and oxygen atoms in total. The van der Waals surface area contributed by atoms with Crippen LogP contribution in [0.25, 0.3) is 0 Å². The van der Waals surface area contributed by atoms with Crippen molar-refractivity contribution < 1.29 is 19.4 Å². The highest BCUT2D eigenvalue weighted by Crippen LogP contribution is 2.28. The van der Waals surface area contributed by atoms with E-state index >= 15 is 0 Å². The molecule has 0 saturated heterocycles. The van der Waals surface area contributed by atoms with Crippen molar-refractivity contribution in [2.45, 2.75) is 34.1 Å². The van der Waals surface area contributed by atoms with Crippen molar-refractivity contribution in [1.82, 2.24) is 5.32 Å². The average molecular weight is 307 g/mol. The van der Waals surface area contributed by atoms with Gasteiger partial charge < -0.3 is 15.2 Å². The van der Waals surface area contributed by atoms with E-state index in [1.54, 1.807) is 21.0 Å². The van der Waals surface area contributed by atoms with Crippen molar-refractivity contribution in [3.63, 3.8) is 0 Å². The summed E-state index contributed by atoms with van der Waals surface area (Å²) in [7, 11) is 1.60. The van der Waals surface area contributed by atoms with Crippen LogP contribution >= 0.6 is 0 Å². The number of benzene rings is 1. The molecule has 1 amide bonds. The summed E-state index contributed by atoms with van der Waals surface area (Å²) in [5.74, 6) is -0.364. The van der Waals surface area contributed by atoms with Crippen LogP contribution in [0.5, 0.6) is 5.75 Å². The molecule has 2 N–H and O–H groups in total. The van der Waals surface area contributed by atoms with Crippen molar-refractivity contribution in [3.8, 4) is 5.75 Å². The fraction of sp³-hybridized carbons (Fsp3) is 0.529. The molecule has 1 aromatic carbocycles. The molecule has 122 valence electrons. The van der Waals surface area contributed by atoms with E-state index in [2.05, 4.69) is 5.32 Å². The summed E-state index contributed by atoms with van der Waals surface area (Å²) in [5.41, 5.74) is -0.706. The molecule has 0 saturated carbocycles. The molecule has 0 unspecified atom stereocenters. The Kier molecular flexibility index (Phi) is 5.58. The van der Waals surface area contributed by atoms with Gasteiger partial charge in [0.15, 0.2) is 0 Å². The first kappa shape index (κ1) is 18.0. The summed E-state index contributed by atoms with van der Waals surface area (Å²) in [6.45, 7) is 6.94. The van der Waals surface area contributed by atoms with Gasteiger partial charge in [-0.25, -0.2) is 0 Å². The third kappa shape index (κ3) is 4.48. The maximum Gasteiger partial charge on any atom is 0.310 e. The summed E-state index contributed by atoms with van der Waals surface area (Å²) < 4.78 is 5.31. The van der Waals surface area contributed by atoms with E-state index in [-0.39, 0.29) is 12.5 Å². The Balaban J connectivity index is 2.77. The van der Waals surface area contributed by atoms with Gasteiger partial charge >= 0.3 is 5.97 Å². The van der Waals surface area contributed by atoms with Gasteiger partial charge in [-0.05, 0) is 31.9 Å². The fourth-order valence-electron chi connectivity index (χ4n) is 2.02. The second-order valence-corrected chi connectivity index (χ2v) is 6.74. The van der Waals surface area contributed by atoms with Gasteiger partial charge in [-0.1, -0.05) is 32.0 Å². The van der Waals surface area contributed by atoms with Crippen LogP contribution in [-0.4, -0.2) is 30.6 Å². The fourth-order valence-corrected chi connectivity index (χ4v) is 2.02. The molecule has 0 aliphatic rings. The zero-order valence-corrected chi connectivity index (χ0v) is 13.9. The number of carboxylic acid groups (broad SMARTS) is 1. The van der Waals surface area contributed by atoms with Gasteiger partial charge in [0.05, 0.1) is 12.5 Å². The molecule has 1 aromatic rings. The minimum absolute atomic E-state index is 0.0938. The van der Waals surface area contributed by atoms with Gasteiger partial charge in [0, 0.05) is 12.0 Å². The van der Waals surface area contributed by atoms with Gasteiger partial charge in [0.1, 0.15) is 5.75 Å². The van der Waals surface area contributed by atoms with E-state index in [1.807, 2.05) is 38.1 Å². The number of carbonyl (C=O) groups excluding carboxylic acids is 1. The largest absolute Gasteiger partial charge is 0.496 e. The number of aliphatic carboxylic acids is 1. The van der Waals surface area contributed by atoms with Crippen molar-refractivity contribution >= 4 is 11.9 Å². The van der Waals surface area contributed by atoms with Crippen LogP contribution < -0.4 is 10.1 Å². The second kappa shape index (κ2) is 6.81. The normalized spacial score (nSPS) is 11.9. The third-order valence-corrected chi connectivity index (χ3v) is 3.71. The van der Waals surface area contributed by atoms with Crippen LogP contribution in [0.2, 0.25) is 0 Å². The summed E-state index contributed by atoms with van der Waals surface area (Å²) in [6.07, 6.45) is 0.510. The lowest BCUT2D eigenvalue weighted by Gasteiger charge is -2.27. The van der Waals surface area contributed by atoms with Crippen LogP contribution in [-0.2, 0) is 16.0 Å². The van der Waals surface area contributed by atoms with Crippen LogP contribution in [0.1, 0.15) is 33.3 Å². The maximum atomic E-state index is 12.4. The number of methoxy groups -OCH3 is 1. The van der Waals surface area contributed by atoms with E-state index < -0.39 is 16.8 Å². The molecule has 0 fully saturated rings. The van der Waals surface area contributed by atoms with Gasteiger partial charge in [-0.2, -0.15) is 0 Å². The van der Waals surface area contributed by atoms with Gasteiger partial charge in [0.25, 0.3) is 0 Å². The number of ether oxygens (including phenoxy) is 1. The van der Waals surface area contributed by atoms with Crippen LogP contribution in [0, 0.1) is 10.8 Å². The minimum atomic E-state index is -0.990. The molecule has 0 spiro atoms. The monoisotopic (exact) mass is 307 g/mol. The molecule has 0 aromatic heterocycles. The lowest BCUT2D eigenvalue weighted by atomic mass is 9.84. The van der Waals surface area contributed by atoms with Crippen LogP contribution in [0.15, 0.2) is 24.3 Å². The molecule has 0 aliphatic heterocycles. The van der Waals surface area contributed by atoms with Crippen molar-refractivity contribution in [1.29, 1.82) is 0 Å². The molecular formula is C17H25NO4. The number of para-hydroxylation sites is 1. The molecule has 1 rings (SSSR count). The number of carboxylic acids is 1. The highest BCUT2D eigenvalue weighted by atomic mass is 16.5. The number of hydrogen-bond donors (Lipinski definition) is 2. The predicted molar refractivity (Wildman–Crippen MR) is 84.9 cm³/mol. The molecule has 0 aliphatic carbocycles. The standard InChI is InChI=1S/C17H25NO4/c1-16(2,10-12-8-6-7-9-13(12)22-5)14(19)18-11-17(3,4)15(20)21/h6-9H,10-11H2,1-5H3,(H,18,19)(H,20,21). The van der Waals surface area contributed by atoms with E-state index in [4.69, 9.17) is 9.84 Å². The first-order valence-corrected chi connectivity index (χ1v) is 7.24. The minimum Gasteiger partial charge on any atom is -0.496 e. The quantitative estimate of drug-likeness (QED) is 0.811. The number of carbonyl (C=O) groups is 2. The average Bonchev–Trinajstić information content (AvgIpc) is 2.44. The summed E-state index contributed by atoms with van der Waals surface area (Å²) in [6, 6.07) is 7.57. The number of amides is 1. The van der Waals surface area contributed by atoms with E-state index in [0.29, 0.717) is 6.42 Å². The van der Waals surface area contributed by atoms with E-state index in [9.17, 15) is 9.59 Å². The van der Waals surface area contributed by atoms with E-state index in [1.165, 1.54) is 0 Å². The smallest absolute Gasteiger partial charge is 0.310 e. The Morgan fingerprint density at radius 2 is 1.73 bits per heavy atom. The Hall–Kier alpha value is -2.04. The lowest BCUT2D eigenvalue weighted by Crippen LogP contribution is -2.44. The summed E-state index contributed by atoms with van der Waals surface area (Å²) >= 11 is 0. The Morgan fingerprint density at radius 1 is 1.14 bits per heavy atom. The predicted octanol–water partition coefficient (Wildman–Crippen LogP) is 2.49. The first-order valence-electron chi connectivity index (χ1n) is 7.24. The summed E-state index contributed by atoms with van der Waals surface area (Å²) in [4.78, 5) is 23.5. The number of nitrogens with one attached hydrogen (secondary N) is 1. The van der Waals surface area contributed by atoms with Gasteiger partial charge in [-0.3, -0.25) is 9.59 Å². The first-order chi connectivity index (χ1) is 10.1. The SMILES string of the molecule is COc1ccccc1CC(C)(C)C(=O)NCC(C)(C)C(=O)O. The highest BCUT2D eigenvalue weighted by molar-refractivity contribution is 5.83. The molecule has 0 heterocycles. The molecule has 5 heteroatoms. The van der Waals surface area contributed by atoms with E-state index in [0.717, 1.165) is 11.3 Å². The van der Waals surface area contributed by atoms with Crippen LogP contribution in [0.3, 0.4) is 0 Å². The summed E-state index contributed by atoms with van der Waals surface area (Å²) in [5, 5.41) is 11.8. The van der Waals surface area contributed by atoms with Crippen molar-refractivity contribution in [2.24, 2.45) is 10.8 Å². The molecule has 0 radical (unpaired) electrons. The third-order valence-electron chi connectivity index (χ3n) is 3.71. The molecular weight excluding hydrogens is 282 g/mol. The number of hydrogen-bond acceptors (Lipinski definition) is 3. The maximum absolute atomic E-state index is 12.4. The van der Waals surface area contributed by atoms with Gasteiger partial charge in [-0.15, -0.1) is 0 Å². The van der Waals surface area contributed by atoms with Crippen molar-refractivity contribution in [2.75, 3.05) is 13.7 Å². The Morgan fingerprint density at radius 3 is 2.27 bits per heavy atom. The second-order valence-electron chi connectivity index (χ2n) is 6.74. The molecule has 0 bridgehead atoms. The zero-order valence-electron chi connectivity index (χ0n) is 13.9. The lowest BCUT2D eigenvalue weighted by molar-refractivity contribution is -0.147. The van der Waals surface area contributed by atoms with Gasteiger partial charge in [0.2, 0.25) is 5.91 Å². The Bertz CT molecular complexity index is 549. The van der Waals surface area contributed by atoms with Crippen molar-refractivity contribution in [3.05, 3.63) is 29.8 Å². The highest BCUT2D eigenvalue weighted by Gasteiger charge is 2.33. The Labute approximate surface area is 131 Å². The molecule has 22 heavy (non-hydrogen) atoms. The topological polar surface area (TPSA) is 75.6 Å². The number of rotatable bonds is 7. The zero-order chi connectivity index (χ0) is 17.0.